The second-order valence-electron chi connectivity index (χ2n) is 5.56. The van der Waals surface area contributed by atoms with Gasteiger partial charge in [0, 0.05) is 17.6 Å². The Labute approximate surface area is 151 Å². The maximum atomic E-state index is 13.0. The highest BCUT2D eigenvalue weighted by atomic mass is 19.4. The summed E-state index contributed by atoms with van der Waals surface area (Å²) in [7, 11) is 0. The van der Waals surface area contributed by atoms with Gasteiger partial charge in [-0.05, 0) is 60.7 Å². The number of alkyl halides is 3. The van der Waals surface area contributed by atoms with Crippen molar-refractivity contribution < 1.29 is 22.4 Å². The molecule has 0 aliphatic rings. The van der Waals surface area contributed by atoms with Gasteiger partial charge < -0.3 is 10.6 Å². The first-order valence-corrected chi connectivity index (χ1v) is 7.79. The summed E-state index contributed by atoms with van der Waals surface area (Å²) in [6, 6.07) is 12.7. The van der Waals surface area contributed by atoms with E-state index in [0.717, 1.165) is 12.1 Å². The summed E-state index contributed by atoms with van der Waals surface area (Å²) >= 11 is 0. The number of carbonyl (C=O) groups excluding carboxylic acids is 1. The predicted molar refractivity (Wildman–Crippen MR) is 93.3 cm³/mol. The third-order valence-corrected chi connectivity index (χ3v) is 3.63. The van der Waals surface area contributed by atoms with Crippen LogP contribution in [0, 0.1) is 5.82 Å². The highest BCUT2D eigenvalue weighted by molar-refractivity contribution is 6.07. The van der Waals surface area contributed by atoms with Crippen molar-refractivity contribution in [3.05, 3.63) is 83.8 Å². The molecule has 0 saturated carbocycles. The largest absolute Gasteiger partial charge is 0.416 e. The molecule has 8 heteroatoms. The molecule has 0 spiro atoms. The van der Waals surface area contributed by atoms with Gasteiger partial charge in [0.1, 0.15) is 11.6 Å². The van der Waals surface area contributed by atoms with Crippen molar-refractivity contribution in [3.63, 3.8) is 0 Å². The average molecular weight is 375 g/mol. The molecule has 0 fully saturated rings. The minimum absolute atomic E-state index is 0.182. The van der Waals surface area contributed by atoms with Crippen molar-refractivity contribution in [1.29, 1.82) is 0 Å². The van der Waals surface area contributed by atoms with Crippen molar-refractivity contribution in [1.82, 2.24) is 4.98 Å². The van der Waals surface area contributed by atoms with E-state index < -0.39 is 23.5 Å². The summed E-state index contributed by atoms with van der Waals surface area (Å²) < 4.78 is 50.8. The Kier molecular flexibility index (Phi) is 5.07. The van der Waals surface area contributed by atoms with E-state index in [1.54, 1.807) is 6.07 Å². The monoisotopic (exact) mass is 375 g/mol. The molecule has 1 heterocycles. The number of anilines is 3. The summed E-state index contributed by atoms with van der Waals surface area (Å²) in [5, 5.41) is 5.43. The fourth-order valence-corrected chi connectivity index (χ4v) is 2.30. The Hall–Kier alpha value is -3.42. The molecule has 2 aromatic carbocycles. The number of amides is 1. The van der Waals surface area contributed by atoms with Crippen molar-refractivity contribution in [2.45, 2.75) is 6.18 Å². The first kappa shape index (κ1) is 18.4. The minimum atomic E-state index is -4.45. The molecule has 0 radical (unpaired) electrons. The summed E-state index contributed by atoms with van der Waals surface area (Å²) in [6.07, 6.45) is -2.97. The number of pyridine rings is 1. The van der Waals surface area contributed by atoms with Crippen molar-refractivity contribution in [2.24, 2.45) is 0 Å². The van der Waals surface area contributed by atoms with Gasteiger partial charge >= 0.3 is 6.18 Å². The van der Waals surface area contributed by atoms with Gasteiger partial charge in [-0.15, -0.1) is 0 Å². The molecule has 0 bridgehead atoms. The number of hydrogen-bond donors (Lipinski definition) is 2. The first-order chi connectivity index (χ1) is 12.8. The Balaban J connectivity index is 1.78. The van der Waals surface area contributed by atoms with Crippen LogP contribution >= 0.6 is 0 Å². The molecular weight excluding hydrogens is 362 g/mol. The lowest BCUT2D eigenvalue weighted by atomic mass is 10.2. The fourth-order valence-electron chi connectivity index (χ4n) is 2.30. The van der Waals surface area contributed by atoms with Gasteiger partial charge in [0.25, 0.3) is 5.91 Å². The normalized spacial score (nSPS) is 11.1. The van der Waals surface area contributed by atoms with E-state index in [9.17, 15) is 22.4 Å². The second kappa shape index (κ2) is 7.45. The SMILES string of the molecule is O=C(Nc1ccc(C(F)(F)F)cc1)c1cccnc1Nc1ccc(F)cc1. The molecule has 3 rings (SSSR count). The number of hydrogen-bond acceptors (Lipinski definition) is 3. The quantitative estimate of drug-likeness (QED) is 0.614. The maximum absolute atomic E-state index is 13.0. The van der Waals surface area contributed by atoms with Crippen LogP contribution in [-0.4, -0.2) is 10.9 Å². The summed E-state index contributed by atoms with van der Waals surface area (Å²) in [5.74, 6) is -0.720. The molecule has 4 nitrogen and oxygen atoms in total. The smallest absolute Gasteiger partial charge is 0.340 e. The summed E-state index contributed by atoms with van der Waals surface area (Å²) in [6.45, 7) is 0. The molecule has 0 saturated heterocycles. The van der Waals surface area contributed by atoms with Crippen LogP contribution in [0.5, 0.6) is 0 Å². The molecule has 1 amide bonds. The number of carbonyl (C=O) groups is 1. The number of nitrogens with one attached hydrogen (secondary N) is 2. The summed E-state index contributed by atoms with van der Waals surface area (Å²) in [4.78, 5) is 16.6. The van der Waals surface area contributed by atoms with E-state index in [0.29, 0.717) is 5.69 Å². The zero-order chi connectivity index (χ0) is 19.4. The Morgan fingerprint density at radius 3 is 2.15 bits per heavy atom. The van der Waals surface area contributed by atoms with E-state index in [4.69, 9.17) is 0 Å². The van der Waals surface area contributed by atoms with Crippen LogP contribution < -0.4 is 10.6 Å². The Morgan fingerprint density at radius 2 is 1.52 bits per heavy atom. The third kappa shape index (κ3) is 4.60. The number of benzene rings is 2. The van der Waals surface area contributed by atoms with Crippen LogP contribution in [0.4, 0.5) is 34.8 Å². The van der Waals surface area contributed by atoms with E-state index in [-0.39, 0.29) is 17.1 Å². The van der Waals surface area contributed by atoms with Gasteiger partial charge in [-0.3, -0.25) is 4.79 Å². The van der Waals surface area contributed by atoms with E-state index >= 15 is 0 Å². The van der Waals surface area contributed by atoms with Crippen molar-refractivity contribution in [2.75, 3.05) is 10.6 Å². The van der Waals surface area contributed by atoms with Crippen LogP contribution in [0.25, 0.3) is 0 Å². The van der Waals surface area contributed by atoms with Crippen LogP contribution in [0.3, 0.4) is 0 Å². The van der Waals surface area contributed by atoms with Gasteiger partial charge in [0.2, 0.25) is 0 Å². The van der Waals surface area contributed by atoms with Gasteiger partial charge in [-0.25, -0.2) is 9.37 Å². The topological polar surface area (TPSA) is 54.0 Å². The molecule has 27 heavy (non-hydrogen) atoms. The standard InChI is InChI=1S/C19H13F4N3O/c20-13-5-9-14(10-6-13)25-17-16(2-1-11-24-17)18(27)26-15-7-3-12(4-8-15)19(21,22)23/h1-11H,(H,24,25)(H,26,27). The molecule has 0 aliphatic heterocycles. The van der Waals surface area contributed by atoms with Crippen LogP contribution in [0.15, 0.2) is 66.9 Å². The number of halogens is 4. The predicted octanol–water partition coefficient (Wildman–Crippen LogP) is 5.24. The molecule has 0 aliphatic carbocycles. The fraction of sp³-hybridized carbons (Fsp3) is 0.0526. The number of nitrogens with zero attached hydrogens (tertiary/aromatic N) is 1. The molecule has 0 atom stereocenters. The molecule has 2 N–H and O–H groups in total. The van der Waals surface area contributed by atoms with E-state index in [2.05, 4.69) is 15.6 Å². The highest BCUT2D eigenvalue weighted by Gasteiger charge is 2.30. The average Bonchev–Trinajstić information content (AvgIpc) is 2.64. The second-order valence-corrected chi connectivity index (χ2v) is 5.56. The van der Waals surface area contributed by atoms with Crippen molar-refractivity contribution in [3.8, 4) is 0 Å². The lowest BCUT2D eigenvalue weighted by molar-refractivity contribution is -0.137. The molecule has 3 aromatic rings. The Morgan fingerprint density at radius 1 is 0.889 bits per heavy atom. The van der Waals surface area contributed by atoms with Crippen LogP contribution in [0.1, 0.15) is 15.9 Å². The number of aromatic nitrogens is 1. The minimum Gasteiger partial charge on any atom is -0.340 e. The molecular formula is C19H13F4N3O. The van der Waals surface area contributed by atoms with Crippen LogP contribution in [-0.2, 0) is 6.18 Å². The van der Waals surface area contributed by atoms with E-state index in [1.807, 2.05) is 0 Å². The number of rotatable bonds is 4. The van der Waals surface area contributed by atoms with Gasteiger partial charge in [0.05, 0.1) is 11.1 Å². The van der Waals surface area contributed by atoms with Gasteiger partial charge in [0.15, 0.2) is 0 Å². The van der Waals surface area contributed by atoms with Gasteiger partial charge in [-0.1, -0.05) is 0 Å². The zero-order valence-corrected chi connectivity index (χ0v) is 13.7. The maximum Gasteiger partial charge on any atom is 0.416 e. The molecule has 138 valence electrons. The van der Waals surface area contributed by atoms with Crippen molar-refractivity contribution >= 4 is 23.1 Å². The molecule has 0 unspecified atom stereocenters. The van der Waals surface area contributed by atoms with Gasteiger partial charge in [-0.2, -0.15) is 13.2 Å². The van der Waals surface area contributed by atoms with E-state index in [1.165, 1.54) is 48.7 Å². The Bertz CT molecular complexity index is 938. The lowest BCUT2D eigenvalue weighted by Crippen LogP contribution is -2.15. The summed E-state index contributed by atoms with van der Waals surface area (Å²) in [5.41, 5.74) is 0.116. The third-order valence-electron chi connectivity index (χ3n) is 3.63. The first-order valence-electron chi connectivity index (χ1n) is 7.79. The molecule has 1 aromatic heterocycles. The lowest BCUT2D eigenvalue weighted by Gasteiger charge is -2.12. The zero-order valence-electron chi connectivity index (χ0n) is 13.7. The van der Waals surface area contributed by atoms with Crippen LogP contribution in [0.2, 0.25) is 0 Å². The highest BCUT2D eigenvalue weighted by Crippen LogP contribution is 2.30.